The molecule has 0 unspecified atom stereocenters. The molecule has 0 aromatic carbocycles. The van der Waals surface area contributed by atoms with Gasteiger partial charge in [0.05, 0.1) is 13.2 Å². The van der Waals surface area contributed by atoms with Crippen LogP contribution in [0.4, 0.5) is 0 Å². The Morgan fingerprint density at radius 2 is 1.17 bits per heavy atom. The summed E-state index contributed by atoms with van der Waals surface area (Å²) in [6.45, 7) is 33.2. The molecule has 1 saturated heterocycles. The summed E-state index contributed by atoms with van der Waals surface area (Å²) in [6, 6.07) is -2.50. The molecule has 1 rings (SSSR count). The van der Waals surface area contributed by atoms with Gasteiger partial charge in [-0.25, -0.2) is 4.79 Å². The lowest BCUT2D eigenvalue weighted by molar-refractivity contribution is -0.158. The molecule has 0 saturated carbocycles. The van der Waals surface area contributed by atoms with Gasteiger partial charge in [0, 0.05) is 27.1 Å². The van der Waals surface area contributed by atoms with E-state index in [2.05, 4.69) is 67.7 Å². The Morgan fingerprint density at radius 3 is 1.55 bits per heavy atom. The largest absolute Gasteiger partial charge is 0.467 e. The quantitative estimate of drug-likeness (QED) is 0.167. The van der Waals surface area contributed by atoms with Crippen molar-refractivity contribution in [3.63, 3.8) is 0 Å². The number of rotatable bonds is 13. The van der Waals surface area contributed by atoms with E-state index in [1.165, 1.54) is 16.9 Å². The van der Waals surface area contributed by atoms with Gasteiger partial charge in [0.15, 0.2) is 16.6 Å². The maximum Gasteiger partial charge on any atom is 0.328 e. The predicted molar refractivity (Wildman–Crippen MR) is 194 cm³/mol. The molecule has 0 spiro atoms. The van der Waals surface area contributed by atoms with Crippen molar-refractivity contribution >= 4 is 40.3 Å². The molecule has 47 heavy (non-hydrogen) atoms. The molecule has 0 bridgehead atoms. The van der Waals surface area contributed by atoms with Gasteiger partial charge in [0.1, 0.15) is 24.2 Å². The van der Waals surface area contributed by atoms with Gasteiger partial charge in [-0.3, -0.25) is 14.4 Å². The van der Waals surface area contributed by atoms with E-state index in [9.17, 15) is 19.2 Å². The molecule has 1 fully saturated rings. The van der Waals surface area contributed by atoms with Gasteiger partial charge in [0.25, 0.3) is 5.91 Å². The third-order valence-electron chi connectivity index (χ3n) is 10.7. The van der Waals surface area contributed by atoms with Crippen LogP contribution >= 0.6 is 0 Å². The number of nitrogens with zero attached hydrogens (tertiary/aromatic N) is 3. The molecule has 5 atom stereocenters. The molecule has 0 N–H and O–H groups in total. The maximum atomic E-state index is 14.4. The normalized spacial score (nSPS) is 20.0. The number of hydrogen-bond donors (Lipinski definition) is 0. The number of carbonyl (C=O) groups is 4. The van der Waals surface area contributed by atoms with Gasteiger partial charge in [-0.15, -0.1) is 0 Å². The fourth-order valence-corrected chi connectivity index (χ4v) is 8.41. The van der Waals surface area contributed by atoms with E-state index in [0.29, 0.717) is 6.42 Å². The summed E-state index contributed by atoms with van der Waals surface area (Å²) in [5.41, 5.74) is 0. The van der Waals surface area contributed by atoms with E-state index in [0.717, 1.165) is 0 Å². The SMILES string of the molecule is COC(=O)[C@@H]1C[C@@H](O[Si](C)(C)C(C)(C)C)CN1C(=O)[C@H](C(C)C)N(C)C(=O)[C@H](C(C)C)N(C)C(=O)[C@H](O[Si](C)(C)C(C)(C)C)C(C)C. The fraction of sp³-hybridized carbons (Fsp3) is 0.886. The first kappa shape index (κ1) is 43.3. The highest BCUT2D eigenvalue weighted by atomic mass is 28.4. The van der Waals surface area contributed by atoms with Crippen LogP contribution in [0.3, 0.4) is 0 Å². The fourth-order valence-electron chi connectivity index (χ4n) is 5.69. The van der Waals surface area contributed by atoms with Crippen LogP contribution in [0.25, 0.3) is 0 Å². The van der Waals surface area contributed by atoms with Crippen LogP contribution in [-0.2, 0) is 32.8 Å². The van der Waals surface area contributed by atoms with Crippen molar-refractivity contribution < 1.29 is 32.8 Å². The molecule has 0 aromatic rings. The molecule has 0 aromatic heterocycles. The number of methoxy groups -OCH3 is 1. The zero-order valence-corrected chi connectivity index (χ0v) is 35.2. The summed E-state index contributed by atoms with van der Waals surface area (Å²) < 4.78 is 18.4. The van der Waals surface area contributed by atoms with Crippen molar-refractivity contribution in [3.05, 3.63) is 0 Å². The minimum absolute atomic E-state index is 0.0437. The molecule has 0 aliphatic carbocycles. The first-order chi connectivity index (χ1) is 21.0. The highest BCUT2D eigenvalue weighted by molar-refractivity contribution is 6.74. The second kappa shape index (κ2) is 15.8. The molecule has 12 heteroatoms. The number of amides is 3. The molecule has 1 aliphatic rings. The molecule has 274 valence electrons. The lowest BCUT2D eigenvalue weighted by Gasteiger charge is -2.43. The van der Waals surface area contributed by atoms with Crippen LogP contribution in [0.15, 0.2) is 0 Å². The summed E-state index contributed by atoms with van der Waals surface area (Å²) in [7, 11) is 0.108. The molecule has 1 heterocycles. The number of ether oxygens (including phenoxy) is 1. The van der Waals surface area contributed by atoms with Gasteiger partial charge < -0.3 is 28.3 Å². The van der Waals surface area contributed by atoms with Gasteiger partial charge in [-0.2, -0.15) is 0 Å². The number of likely N-dealkylation sites (N-methyl/N-ethyl adjacent to an activating group) is 2. The Hall–Kier alpha value is -1.77. The molecule has 3 amide bonds. The first-order valence-electron chi connectivity index (χ1n) is 17.3. The van der Waals surface area contributed by atoms with E-state index in [-0.39, 0.29) is 58.2 Å². The number of hydrogen-bond acceptors (Lipinski definition) is 7. The van der Waals surface area contributed by atoms with Crippen molar-refractivity contribution in [3.8, 4) is 0 Å². The minimum atomic E-state index is -2.30. The summed E-state index contributed by atoms with van der Waals surface area (Å²) in [5, 5.41) is -0.137. The average molecular weight is 700 g/mol. The van der Waals surface area contributed by atoms with Crippen molar-refractivity contribution in [1.82, 2.24) is 14.7 Å². The van der Waals surface area contributed by atoms with E-state index < -0.39 is 46.8 Å². The zero-order valence-electron chi connectivity index (χ0n) is 33.2. The highest BCUT2D eigenvalue weighted by Gasteiger charge is 2.49. The molecular weight excluding hydrogens is 631 g/mol. The second-order valence-electron chi connectivity index (χ2n) is 17.6. The van der Waals surface area contributed by atoms with Gasteiger partial charge in [-0.05, 0) is 54.0 Å². The van der Waals surface area contributed by atoms with Crippen LogP contribution < -0.4 is 0 Å². The van der Waals surface area contributed by atoms with Crippen molar-refractivity contribution in [2.45, 2.75) is 156 Å². The van der Waals surface area contributed by atoms with Crippen LogP contribution in [-0.4, -0.2) is 113 Å². The summed E-state index contributed by atoms with van der Waals surface area (Å²) >= 11 is 0. The number of esters is 1. The number of carbonyl (C=O) groups excluding carboxylic acids is 4. The van der Waals surface area contributed by atoms with Crippen LogP contribution in [0.2, 0.25) is 36.3 Å². The lowest BCUT2D eigenvalue weighted by atomic mass is 9.95. The average Bonchev–Trinajstić information content (AvgIpc) is 3.32. The topological polar surface area (TPSA) is 106 Å². The zero-order chi connectivity index (χ0) is 37.2. The summed E-state index contributed by atoms with van der Waals surface area (Å²) in [4.78, 5) is 60.4. The highest BCUT2D eigenvalue weighted by Crippen LogP contribution is 2.40. The standard InChI is InChI=1S/C35H69N3O7Si2/c1-22(2)27(37(14)32(41)29(24(5)6)45-47(18,19)35(10,11)12)30(39)36(13)28(23(3)4)31(40)38-21-25(20-26(38)33(42)43-15)44-46(16,17)34(7,8)9/h22-29H,20-21H2,1-19H3/t25-,26+,27+,28+,29-/m1/s1. The minimum Gasteiger partial charge on any atom is -0.467 e. The van der Waals surface area contributed by atoms with E-state index in [1.807, 2.05) is 41.5 Å². The molecule has 10 nitrogen and oxygen atoms in total. The van der Waals surface area contributed by atoms with E-state index in [4.69, 9.17) is 13.6 Å². The van der Waals surface area contributed by atoms with Crippen LogP contribution in [0.1, 0.15) is 89.5 Å². The van der Waals surface area contributed by atoms with Crippen molar-refractivity contribution in [2.75, 3.05) is 27.7 Å². The Balaban J connectivity index is 3.45. The van der Waals surface area contributed by atoms with Crippen LogP contribution in [0, 0.1) is 17.8 Å². The van der Waals surface area contributed by atoms with Crippen molar-refractivity contribution in [2.24, 2.45) is 17.8 Å². The first-order valence-corrected chi connectivity index (χ1v) is 23.1. The Morgan fingerprint density at radius 1 is 0.723 bits per heavy atom. The Labute approximate surface area is 288 Å². The van der Waals surface area contributed by atoms with Crippen molar-refractivity contribution in [1.29, 1.82) is 0 Å². The third-order valence-corrected chi connectivity index (χ3v) is 19.7. The Kier molecular flexibility index (Phi) is 14.6. The van der Waals surface area contributed by atoms with E-state index in [1.54, 1.807) is 19.0 Å². The van der Waals surface area contributed by atoms with Gasteiger partial charge in [0.2, 0.25) is 11.8 Å². The molecule has 1 aliphatic heterocycles. The maximum absolute atomic E-state index is 14.4. The predicted octanol–water partition coefficient (Wildman–Crippen LogP) is 6.16. The monoisotopic (exact) mass is 699 g/mol. The van der Waals surface area contributed by atoms with Gasteiger partial charge in [-0.1, -0.05) is 83.1 Å². The van der Waals surface area contributed by atoms with Gasteiger partial charge >= 0.3 is 5.97 Å². The molecular formula is C35H69N3O7Si2. The van der Waals surface area contributed by atoms with Crippen LogP contribution in [0.5, 0.6) is 0 Å². The molecule has 0 radical (unpaired) electrons. The number of likely N-dealkylation sites (tertiary alicyclic amines) is 1. The summed E-state index contributed by atoms with van der Waals surface area (Å²) in [6.07, 6.45) is -0.686. The summed E-state index contributed by atoms with van der Waals surface area (Å²) in [5.74, 6) is -2.01. The second-order valence-corrected chi connectivity index (χ2v) is 27.1. The van der Waals surface area contributed by atoms with E-state index >= 15 is 0 Å². The third kappa shape index (κ3) is 10.1. The lowest BCUT2D eigenvalue weighted by Crippen LogP contribution is -2.60. The Bertz CT molecular complexity index is 1110. The smallest absolute Gasteiger partial charge is 0.328 e.